The van der Waals surface area contributed by atoms with Gasteiger partial charge in [0.2, 0.25) is 5.91 Å². The second-order valence-electron chi connectivity index (χ2n) is 6.61. The number of rotatable bonds is 4. The van der Waals surface area contributed by atoms with Crippen LogP contribution in [0, 0.1) is 17.8 Å². The van der Waals surface area contributed by atoms with Gasteiger partial charge in [-0.25, -0.2) is 0 Å². The fourth-order valence-corrected chi connectivity index (χ4v) is 3.36. The zero-order chi connectivity index (χ0) is 13.9. The minimum absolute atomic E-state index is 0.357. The maximum atomic E-state index is 12.2. The van der Waals surface area contributed by atoms with Gasteiger partial charge in [0, 0.05) is 19.0 Å². The summed E-state index contributed by atoms with van der Waals surface area (Å²) in [7, 11) is 0. The van der Waals surface area contributed by atoms with E-state index in [0.717, 1.165) is 25.4 Å². The maximum Gasteiger partial charge on any atom is 0.225 e. The van der Waals surface area contributed by atoms with Gasteiger partial charge in [-0.15, -0.1) is 0 Å². The molecule has 20 heavy (non-hydrogen) atoms. The minimum Gasteiger partial charge on any atom is -0.342 e. The molecule has 1 aliphatic carbocycles. The number of nitrogens with zero attached hydrogens (tertiary/aromatic N) is 1. The van der Waals surface area contributed by atoms with E-state index < -0.39 is 0 Å². The summed E-state index contributed by atoms with van der Waals surface area (Å²) in [6, 6.07) is 10.7. The van der Waals surface area contributed by atoms with E-state index in [9.17, 15) is 4.79 Å². The van der Waals surface area contributed by atoms with Gasteiger partial charge in [-0.1, -0.05) is 37.3 Å². The zero-order valence-corrected chi connectivity index (χ0v) is 12.4. The van der Waals surface area contributed by atoms with Gasteiger partial charge in [-0.05, 0) is 49.5 Å². The summed E-state index contributed by atoms with van der Waals surface area (Å²) in [6.07, 6.45) is 5.96. The summed E-state index contributed by atoms with van der Waals surface area (Å²) in [5.74, 6) is 2.23. The van der Waals surface area contributed by atoms with Crippen molar-refractivity contribution >= 4 is 5.91 Å². The Morgan fingerprint density at radius 3 is 2.45 bits per heavy atom. The molecule has 0 N–H and O–H groups in total. The smallest absolute Gasteiger partial charge is 0.225 e. The Labute approximate surface area is 122 Å². The Morgan fingerprint density at radius 1 is 1.20 bits per heavy atom. The second-order valence-corrected chi connectivity index (χ2v) is 6.61. The molecule has 1 aliphatic heterocycles. The summed E-state index contributed by atoms with van der Waals surface area (Å²) in [5.41, 5.74) is 1.44. The topological polar surface area (TPSA) is 20.3 Å². The van der Waals surface area contributed by atoms with Crippen molar-refractivity contribution in [2.45, 2.75) is 39.0 Å². The van der Waals surface area contributed by atoms with Gasteiger partial charge in [-0.2, -0.15) is 0 Å². The number of amides is 1. The Morgan fingerprint density at radius 2 is 1.85 bits per heavy atom. The highest BCUT2D eigenvalue weighted by Crippen LogP contribution is 2.40. The average Bonchev–Trinajstić information content (AvgIpc) is 3.23. The lowest BCUT2D eigenvalue weighted by Crippen LogP contribution is -2.39. The van der Waals surface area contributed by atoms with Gasteiger partial charge >= 0.3 is 0 Å². The van der Waals surface area contributed by atoms with Crippen LogP contribution in [0.1, 0.15) is 38.2 Å². The van der Waals surface area contributed by atoms with Crippen LogP contribution in [0.5, 0.6) is 0 Å². The molecule has 1 aromatic carbocycles. The predicted octanol–water partition coefficient (Wildman–Crippen LogP) is 3.51. The van der Waals surface area contributed by atoms with Crippen LogP contribution in [0.4, 0.5) is 0 Å². The minimum atomic E-state index is 0.357. The average molecular weight is 271 g/mol. The van der Waals surface area contributed by atoms with Crippen molar-refractivity contribution < 1.29 is 4.79 Å². The molecule has 2 fully saturated rings. The lowest BCUT2D eigenvalue weighted by Gasteiger charge is -2.32. The molecule has 2 atom stereocenters. The number of hydrogen-bond donors (Lipinski definition) is 0. The van der Waals surface area contributed by atoms with E-state index in [4.69, 9.17) is 0 Å². The molecule has 0 unspecified atom stereocenters. The third-order valence-electron chi connectivity index (χ3n) is 5.04. The number of hydrogen-bond acceptors (Lipinski definition) is 1. The van der Waals surface area contributed by atoms with Gasteiger partial charge < -0.3 is 4.90 Å². The molecule has 2 aliphatic rings. The molecule has 108 valence electrons. The third-order valence-corrected chi connectivity index (χ3v) is 5.04. The molecular weight excluding hydrogens is 246 g/mol. The van der Waals surface area contributed by atoms with E-state index in [1.807, 2.05) is 0 Å². The zero-order valence-electron chi connectivity index (χ0n) is 12.4. The highest BCUT2D eigenvalue weighted by molar-refractivity contribution is 5.81. The van der Waals surface area contributed by atoms with Crippen LogP contribution in [0.25, 0.3) is 0 Å². The Bertz CT molecular complexity index is 448. The van der Waals surface area contributed by atoms with Crippen molar-refractivity contribution in [1.82, 2.24) is 4.90 Å². The van der Waals surface area contributed by atoms with Crippen molar-refractivity contribution in [1.29, 1.82) is 0 Å². The van der Waals surface area contributed by atoms with Crippen molar-refractivity contribution in [2.75, 3.05) is 13.1 Å². The molecule has 0 aromatic heterocycles. The van der Waals surface area contributed by atoms with Crippen molar-refractivity contribution in [3.63, 3.8) is 0 Å². The Kier molecular flexibility index (Phi) is 4.09. The van der Waals surface area contributed by atoms with Crippen LogP contribution in [0.3, 0.4) is 0 Å². The van der Waals surface area contributed by atoms with E-state index in [0.29, 0.717) is 17.7 Å². The number of piperidine rings is 1. The van der Waals surface area contributed by atoms with Gasteiger partial charge in [-0.3, -0.25) is 4.79 Å². The Balaban J connectivity index is 1.41. The number of aryl methyl sites for hydroxylation is 1. The third kappa shape index (κ3) is 3.23. The van der Waals surface area contributed by atoms with Gasteiger partial charge in [0.1, 0.15) is 0 Å². The number of carbonyl (C=O) groups is 1. The SMILES string of the molecule is C[C@@H]1C[C@H]1C(=O)N1CCC(CCc2ccccc2)CC1. The van der Waals surface area contributed by atoms with E-state index in [1.54, 1.807) is 0 Å². The van der Waals surface area contributed by atoms with Gasteiger partial charge in [0.15, 0.2) is 0 Å². The molecule has 0 radical (unpaired) electrons. The van der Waals surface area contributed by atoms with Gasteiger partial charge in [0.25, 0.3) is 0 Å². The highest BCUT2D eigenvalue weighted by Gasteiger charge is 2.41. The number of likely N-dealkylation sites (tertiary alicyclic amines) is 1. The fraction of sp³-hybridized carbons (Fsp3) is 0.611. The van der Waals surface area contributed by atoms with Gasteiger partial charge in [0.05, 0.1) is 0 Å². The van der Waals surface area contributed by atoms with Crippen LogP contribution < -0.4 is 0 Å². The molecule has 1 heterocycles. The van der Waals surface area contributed by atoms with E-state index in [1.165, 1.54) is 31.2 Å². The molecule has 1 amide bonds. The largest absolute Gasteiger partial charge is 0.342 e. The first-order valence-electron chi connectivity index (χ1n) is 8.07. The normalized spacial score (nSPS) is 26.6. The van der Waals surface area contributed by atoms with E-state index >= 15 is 0 Å². The molecule has 2 heteroatoms. The quantitative estimate of drug-likeness (QED) is 0.820. The summed E-state index contributed by atoms with van der Waals surface area (Å²) < 4.78 is 0. The van der Waals surface area contributed by atoms with Crippen LogP contribution in [-0.4, -0.2) is 23.9 Å². The molecule has 0 spiro atoms. The number of carbonyl (C=O) groups excluding carboxylic acids is 1. The lowest BCUT2D eigenvalue weighted by molar-refractivity contribution is -0.134. The fourth-order valence-electron chi connectivity index (χ4n) is 3.36. The van der Waals surface area contributed by atoms with Crippen molar-refractivity contribution in [3.05, 3.63) is 35.9 Å². The Hall–Kier alpha value is -1.31. The second kappa shape index (κ2) is 5.99. The van der Waals surface area contributed by atoms with E-state index in [-0.39, 0.29) is 0 Å². The molecule has 0 bridgehead atoms. The summed E-state index contributed by atoms with van der Waals surface area (Å²) in [5, 5.41) is 0. The first-order chi connectivity index (χ1) is 9.74. The number of benzene rings is 1. The van der Waals surface area contributed by atoms with Crippen LogP contribution in [0.2, 0.25) is 0 Å². The molecular formula is C18H25NO. The summed E-state index contributed by atoms with van der Waals surface area (Å²) >= 11 is 0. The molecule has 1 saturated carbocycles. The maximum absolute atomic E-state index is 12.2. The van der Waals surface area contributed by atoms with Crippen molar-refractivity contribution in [2.24, 2.45) is 17.8 Å². The highest BCUT2D eigenvalue weighted by atomic mass is 16.2. The standard InChI is InChI=1S/C18H25NO/c1-14-13-17(14)18(20)19-11-9-16(10-12-19)8-7-15-5-3-2-4-6-15/h2-6,14,16-17H,7-13H2,1H3/t14-,17-/m1/s1. The van der Waals surface area contributed by atoms with Crippen LogP contribution in [0.15, 0.2) is 30.3 Å². The summed E-state index contributed by atoms with van der Waals surface area (Å²) in [6.45, 7) is 4.16. The first-order valence-corrected chi connectivity index (χ1v) is 8.07. The van der Waals surface area contributed by atoms with Crippen LogP contribution in [-0.2, 0) is 11.2 Å². The monoisotopic (exact) mass is 271 g/mol. The van der Waals surface area contributed by atoms with Crippen molar-refractivity contribution in [3.8, 4) is 0 Å². The predicted molar refractivity (Wildman–Crippen MR) is 81.3 cm³/mol. The summed E-state index contributed by atoms with van der Waals surface area (Å²) in [4.78, 5) is 14.3. The molecule has 2 nitrogen and oxygen atoms in total. The molecule has 1 aromatic rings. The van der Waals surface area contributed by atoms with E-state index in [2.05, 4.69) is 42.2 Å². The first kappa shape index (κ1) is 13.7. The van der Waals surface area contributed by atoms with Crippen LogP contribution >= 0.6 is 0 Å². The molecule has 3 rings (SSSR count). The lowest BCUT2D eigenvalue weighted by atomic mass is 9.90. The molecule has 1 saturated heterocycles.